The summed E-state index contributed by atoms with van der Waals surface area (Å²) < 4.78 is 27.3. The lowest BCUT2D eigenvalue weighted by Crippen LogP contribution is -2.34. The van der Waals surface area contributed by atoms with Crippen molar-refractivity contribution in [1.82, 2.24) is 0 Å². The van der Waals surface area contributed by atoms with Gasteiger partial charge in [-0.25, -0.2) is 0 Å². The van der Waals surface area contributed by atoms with Gasteiger partial charge in [0.05, 0.1) is 40.7 Å². The van der Waals surface area contributed by atoms with Crippen LogP contribution >= 0.6 is 0 Å². The summed E-state index contributed by atoms with van der Waals surface area (Å²) in [5.41, 5.74) is 1.52. The predicted octanol–water partition coefficient (Wildman–Crippen LogP) is 4.33. The van der Waals surface area contributed by atoms with Crippen molar-refractivity contribution in [3.05, 3.63) is 72.3 Å². The Balaban J connectivity index is 1.94. The van der Waals surface area contributed by atoms with Crippen molar-refractivity contribution in [3.8, 4) is 28.7 Å². The Morgan fingerprint density at radius 3 is 1.91 bits per heavy atom. The summed E-state index contributed by atoms with van der Waals surface area (Å²) in [5.74, 6) is 2.51. The molecule has 0 aromatic heterocycles. The van der Waals surface area contributed by atoms with Gasteiger partial charge in [-0.2, -0.15) is 0 Å². The molecule has 3 aromatic rings. The lowest BCUT2D eigenvalue weighted by Gasteiger charge is -2.25. The van der Waals surface area contributed by atoms with E-state index in [0.717, 1.165) is 11.3 Å². The van der Waals surface area contributed by atoms with Crippen LogP contribution in [-0.4, -0.2) is 41.0 Å². The van der Waals surface area contributed by atoms with E-state index in [1.165, 1.54) is 21.3 Å². The molecule has 7 nitrogen and oxygen atoms in total. The van der Waals surface area contributed by atoms with E-state index in [1.54, 1.807) is 36.3 Å². The monoisotopic (exact) mass is 437 g/mol. The van der Waals surface area contributed by atoms with E-state index in [4.69, 9.17) is 23.7 Å². The number of carbonyl (C=O) groups excluding carboxylic acids is 1. The third kappa shape index (κ3) is 5.43. The van der Waals surface area contributed by atoms with E-state index in [0.29, 0.717) is 35.2 Å². The predicted molar refractivity (Wildman–Crippen MR) is 122 cm³/mol. The minimum atomic E-state index is -0.223. The number of nitrogens with zero attached hydrogens (tertiary/aromatic N) is 1. The molecule has 0 saturated heterocycles. The number of methoxy groups -OCH3 is 4. The second-order valence-electron chi connectivity index (χ2n) is 6.81. The van der Waals surface area contributed by atoms with Crippen LogP contribution in [0.5, 0.6) is 28.7 Å². The minimum Gasteiger partial charge on any atom is -0.497 e. The van der Waals surface area contributed by atoms with Crippen LogP contribution < -0.4 is 28.6 Å². The molecular formula is C25H27NO6. The van der Waals surface area contributed by atoms with E-state index in [2.05, 4.69) is 0 Å². The zero-order valence-electron chi connectivity index (χ0n) is 18.7. The fraction of sp³-hybridized carbons (Fsp3) is 0.240. The highest BCUT2D eigenvalue weighted by Gasteiger charge is 2.22. The first-order valence-electron chi connectivity index (χ1n) is 10.0. The molecule has 3 aromatic carbocycles. The van der Waals surface area contributed by atoms with Crippen molar-refractivity contribution >= 4 is 11.6 Å². The Morgan fingerprint density at radius 2 is 1.38 bits per heavy atom. The summed E-state index contributed by atoms with van der Waals surface area (Å²) in [5, 5.41) is 0. The summed E-state index contributed by atoms with van der Waals surface area (Å²) in [4.78, 5) is 14.9. The van der Waals surface area contributed by atoms with Crippen LogP contribution in [-0.2, 0) is 11.3 Å². The molecule has 0 aliphatic carbocycles. The van der Waals surface area contributed by atoms with Crippen LogP contribution in [0.3, 0.4) is 0 Å². The third-order valence-corrected chi connectivity index (χ3v) is 4.87. The number of hydrogen-bond acceptors (Lipinski definition) is 6. The molecule has 0 aliphatic heterocycles. The molecular weight excluding hydrogens is 410 g/mol. The highest BCUT2D eigenvalue weighted by molar-refractivity contribution is 5.95. The molecule has 7 heteroatoms. The van der Waals surface area contributed by atoms with Crippen molar-refractivity contribution in [3.63, 3.8) is 0 Å². The number of hydrogen-bond donors (Lipinski definition) is 0. The largest absolute Gasteiger partial charge is 0.497 e. The SMILES string of the molecule is COc1ccc(CN(C(=O)COc2ccccc2)c2cc(OC)c(OC)c(OC)c2)cc1. The Labute approximate surface area is 188 Å². The molecule has 0 N–H and O–H groups in total. The fourth-order valence-electron chi connectivity index (χ4n) is 3.20. The molecule has 0 atom stereocenters. The summed E-state index contributed by atoms with van der Waals surface area (Å²) in [7, 11) is 6.22. The van der Waals surface area contributed by atoms with Gasteiger partial charge in [-0.3, -0.25) is 4.79 Å². The average Bonchev–Trinajstić information content (AvgIpc) is 2.85. The molecule has 3 rings (SSSR count). The maximum atomic E-state index is 13.3. The Morgan fingerprint density at radius 1 is 0.750 bits per heavy atom. The van der Waals surface area contributed by atoms with Crippen LogP contribution in [0.25, 0.3) is 0 Å². The number of amides is 1. The molecule has 0 spiro atoms. The maximum Gasteiger partial charge on any atom is 0.265 e. The number of para-hydroxylation sites is 1. The molecule has 0 fully saturated rings. The highest BCUT2D eigenvalue weighted by atomic mass is 16.5. The van der Waals surface area contributed by atoms with Gasteiger partial charge < -0.3 is 28.6 Å². The van der Waals surface area contributed by atoms with Crippen molar-refractivity contribution in [1.29, 1.82) is 0 Å². The molecule has 0 unspecified atom stereocenters. The van der Waals surface area contributed by atoms with Gasteiger partial charge in [0, 0.05) is 12.1 Å². The summed E-state index contributed by atoms with van der Waals surface area (Å²) in [6.07, 6.45) is 0. The van der Waals surface area contributed by atoms with Gasteiger partial charge in [-0.15, -0.1) is 0 Å². The Hall–Kier alpha value is -3.87. The van der Waals surface area contributed by atoms with E-state index in [9.17, 15) is 4.79 Å². The second kappa shape index (κ2) is 10.9. The van der Waals surface area contributed by atoms with E-state index < -0.39 is 0 Å². The molecule has 32 heavy (non-hydrogen) atoms. The van der Waals surface area contributed by atoms with Gasteiger partial charge >= 0.3 is 0 Å². The number of ether oxygens (including phenoxy) is 5. The van der Waals surface area contributed by atoms with E-state index in [-0.39, 0.29) is 12.5 Å². The Kier molecular flexibility index (Phi) is 7.80. The van der Waals surface area contributed by atoms with Gasteiger partial charge in [0.25, 0.3) is 5.91 Å². The first kappa shape index (κ1) is 22.8. The van der Waals surface area contributed by atoms with Crippen LogP contribution in [0.2, 0.25) is 0 Å². The normalized spacial score (nSPS) is 10.2. The van der Waals surface area contributed by atoms with Gasteiger partial charge in [-0.1, -0.05) is 30.3 Å². The quantitative estimate of drug-likeness (QED) is 0.470. The Bertz CT molecular complexity index is 995. The lowest BCUT2D eigenvalue weighted by atomic mass is 10.1. The number of rotatable bonds is 10. The zero-order chi connectivity index (χ0) is 22.9. The van der Waals surface area contributed by atoms with Gasteiger partial charge in [0.2, 0.25) is 5.75 Å². The number of carbonyl (C=O) groups is 1. The first-order valence-corrected chi connectivity index (χ1v) is 10.0. The van der Waals surface area contributed by atoms with Crippen LogP contribution in [0.15, 0.2) is 66.7 Å². The van der Waals surface area contributed by atoms with Crippen molar-refractivity contribution in [2.75, 3.05) is 39.9 Å². The van der Waals surface area contributed by atoms with Crippen LogP contribution in [0.1, 0.15) is 5.56 Å². The van der Waals surface area contributed by atoms with Crippen molar-refractivity contribution < 1.29 is 28.5 Å². The molecule has 168 valence electrons. The standard InChI is InChI=1S/C25H27NO6/c1-28-20-12-10-18(11-13-20)16-26(24(27)17-32-21-8-6-5-7-9-21)19-14-22(29-2)25(31-4)23(15-19)30-3/h5-15H,16-17H2,1-4H3. The fourth-order valence-corrected chi connectivity index (χ4v) is 3.20. The first-order chi connectivity index (χ1) is 15.6. The van der Waals surface area contributed by atoms with E-state index >= 15 is 0 Å². The molecule has 1 amide bonds. The molecule has 0 radical (unpaired) electrons. The highest BCUT2D eigenvalue weighted by Crippen LogP contribution is 2.41. The van der Waals surface area contributed by atoms with Gasteiger partial charge in [0.15, 0.2) is 18.1 Å². The second-order valence-corrected chi connectivity index (χ2v) is 6.81. The number of benzene rings is 3. The zero-order valence-corrected chi connectivity index (χ0v) is 18.7. The lowest BCUT2D eigenvalue weighted by molar-refractivity contribution is -0.120. The molecule has 0 saturated carbocycles. The topological polar surface area (TPSA) is 66.5 Å². The maximum absolute atomic E-state index is 13.3. The molecule has 0 bridgehead atoms. The summed E-state index contributed by atoms with van der Waals surface area (Å²) >= 11 is 0. The number of anilines is 1. The van der Waals surface area contributed by atoms with Gasteiger partial charge in [-0.05, 0) is 29.8 Å². The van der Waals surface area contributed by atoms with E-state index in [1.807, 2.05) is 42.5 Å². The molecule has 0 aliphatic rings. The van der Waals surface area contributed by atoms with Crippen molar-refractivity contribution in [2.24, 2.45) is 0 Å². The minimum absolute atomic E-state index is 0.128. The van der Waals surface area contributed by atoms with Crippen LogP contribution in [0.4, 0.5) is 5.69 Å². The summed E-state index contributed by atoms with van der Waals surface area (Å²) in [6.45, 7) is 0.191. The van der Waals surface area contributed by atoms with Gasteiger partial charge in [0.1, 0.15) is 11.5 Å². The smallest absolute Gasteiger partial charge is 0.265 e. The molecule has 0 heterocycles. The average molecular weight is 437 g/mol. The summed E-state index contributed by atoms with van der Waals surface area (Å²) in [6, 6.07) is 20.2. The third-order valence-electron chi connectivity index (χ3n) is 4.87. The van der Waals surface area contributed by atoms with Crippen molar-refractivity contribution in [2.45, 2.75) is 6.54 Å². The van der Waals surface area contributed by atoms with Crippen LogP contribution in [0, 0.1) is 0 Å².